The van der Waals surface area contributed by atoms with Crippen molar-refractivity contribution < 1.29 is 14.3 Å². The lowest BCUT2D eigenvalue weighted by molar-refractivity contribution is -0.123. The van der Waals surface area contributed by atoms with Gasteiger partial charge in [-0.2, -0.15) is 0 Å². The highest BCUT2D eigenvalue weighted by molar-refractivity contribution is 7.16. The van der Waals surface area contributed by atoms with Crippen LogP contribution in [0.25, 0.3) is 21.5 Å². The Balaban J connectivity index is 2.20. The molecule has 8 heteroatoms. The SMILES string of the molecule is COc1cc(Cl)c(-c2nc(NC(=O)C(C)(C)C)nc3sccc23)c(OC)c1. The number of nitrogens with zero attached hydrogens (tertiary/aromatic N) is 2. The van der Waals surface area contributed by atoms with Gasteiger partial charge in [0.25, 0.3) is 0 Å². The number of amides is 1. The Kier molecular flexibility index (Phi) is 5.26. The van der Waals surface area contributed by atoms with E-state index >= 15 is 0 Å². The van der Waals surface area contributed by atoms with Crippen LogP contribution in [0, 0.1) is 5.41 Å². The minimum Gasteiger partial charge on any atom is -0.497 e. The molecule has 2 aromatic heterocycles. The van der Waals surface area contributed by atoms with Crippen LogP contribution in [0.5, 0.6) is 11.5 Å². The number of nitrogens with one attached hydrogen (secondary N) is 1. The first kappa shape index (κ1) is 19.4. The average molecular weight is 406 g/mol. The van der Waals surface area contributed by atoms with Crippen molar-refractivity contribution in [2.75, 3.05) is 19.5 Å². The smallest absolute Gasteiger partial charge is 0.232 e. The number of benzene rings is 1. The van der Waals surface area contributed by atoms with Gasteiger partial charge in [0.05, 0.1) is 30.5 Å². The molecule has 0 unspecified atom stereocenters. The van der Waals surface area contributed by atoms with Gasteiger partial charge in [0.15, 0.2) is 0 Å². The number of rotatable bonds is 4. The molecule has 6 nitrogen and oxygen atoms in total. The standard InChI is InChI=1S/C19H20ClN3O3S/c1-19(2,3)17(24)23-18-21-15(11-6-7-27-16(11)22-18)14-12(20)8-10(25-4)9-13(14)26-5/h6-9H,1-5H3,(H,21,22,23,24). The van der Waals surface area contributed by atoms with Crippen LogP contribution >= 0.6 is 22.9 Å². The van der Waals surface area contributed by atoms with Gasteiger partial charge in [0, 0.05) is 16.9 Å². The molecule has 2 heterocycles. The molecule has 0 aliphatic carbocycles. The van der Waals surface area contributed by atoms with Gasteiger partial charge in [-0.25, -0.2) is 9.97 Å². The Morgan fingerprint density at radius 3 is 2.56 bits per heavy atom. The van der Waals surface area contributed by atoms with E-state index in [2.05, 4.69) is 15.3 Å². The highest BCUT2D eigenvalue weighted by Gasteiger charge is 2.24. The second-order valence-electron chi connectivity index (χ2n) is 6.93. The summed E-state index contributed by atoms with van der Waals surface area (Å²) in [5.41, 5.74) is 0.649. The first-order chi connectivity index (χ1) is 12.7. The third kappa shape index (κ3) is 3.84. The fourth-order valence-corrected chi connectivity index (χ4v) is 3.51. The quantitative estimate of drug-likeness (QED) is 0.660. The van der Waals surface area contributed by atoms with Gasteiger partial charge in [-0.3, -0.25) is 10.1 Å². The Morgan fingerprint density at radius 1 is 1.19 bits per heavy atom. The summed E-state index contributed by atoms with van der Waals surface area (Å²) >= 11 is 7.98. The monoisotopic (exact) mass is 405 g/mol. The van der Waals surface area contributed by atoms with Crippen molar-refractivity contribution in [1.29, 1.82) is 0 Å². The second kappa shape index (κ2) is 7.32. The maximum atomic E-state index is 12.4. The zero-order valence-electron chi connectivity index (χ0n) is 15.7. The molecule has 1 amide bonds. The number of anilines is 1. The molecular formula is C19H20ClN3O3S. The third-order valence-electron chi connectivity index (χ3n) is 3.95. The van der Waals surface area contributed by atoms with E-state index in [4.69, 9.17) is 21.1 Å². The van der Waals surface area contributed by atoms with Crippen LogP contribution in [-0.4, -0.2) is 30.1 Å². The van der Waals surface area contributed by atoms with E-state index in [0.717, 1.165) is 10.2 Å². The maximum absolute atomic E-state index is 12.4. The summed E-state index contributed by atoms with van der Waals surface area (Å²) in [5.74, 6) is 1.17. The normalized spacial score (nSPS) is 11.5. The molecule has 142 valence electrons. The average Bonchev–Trinajstić information content (AvgIpc) is 3.08. The number of methoxy groups -OCH3 is 2. The molecule has 0 atom stereocenters. The molecule has 0 saturated heterocycles. The fraction of sp³-hybridized carbons (Fsp3) is 0.316. The minimum atomic E-state index is -0.566. The van der Waals surface area contributed by atoms with E-state index in [1.165, 1.54) is 11.3 Å². The third-order valence-corrected chi connectivity index (χ3v) is 5.06. The topological polar surface area (TPSA) is 73.3 Å². The van der Waals surface area contributed by atoms with Gasteiger partial charge in [0.1, 0.15) is 16.3 Å². The maximum Gasteiger partial charge on any atom is 0.232 e. The zero-order chi connectivity index (χ0) is 19.8. The molecular weight excluding hydrogens is 386 g/mol. The van der Waals surface area contributed by atoms with Crippen molar-refractivity contribution in [3.8, 4) is 22.8 Å². The van der Waals surface area contributed by atoms with E-state index in [1.807, 2.05) is 32.2 Å². The Bertz CT molecular complexity index is 1010. The number of fused-ring (bicyclic) bond motifs is 1. The van der Waals surface area contributed by atoms with Crippen LogP contribution in [0.15, 0.2) is 23.6 Å². The van der Waals surface area contributed by atoms with E-state index in [0.29, 0.717) is 27.8 Å². The van der Waals surface area contributed by atoms with E-state index < -0.39 is 5.41 Å². The van der Waals surface area contributed by atoms with Crippen LogP contribution < -0.4 is 14.8 Å². The minimum absolute atomic E-state index is 0.169. The van der Waals surface area contributed by atoms with E-state index in [1.54, 1.807) is 26.4 Å². The summed E-state index contributed by atoms with van der Waals surface area (Å²) in [6.45, 7) is 5.49. The lowest BCUT2D eigenvalue weighted by atomic mass is 9.96. The van der Waals surface area contributed by atoms with Gasteiger partial charge in [-0.05, 0) is 17.5 Å². The van der Waals surface area contributed by atoms with E-state index in [9.17, 15) is 4.79 Å². The lowest BCUT2D eigenvalue weighted by Gasteiger charge is -2.18. The fourth-order valence-electron chi connectivity index (χ4n) is 2.46. The van der Waals surface area contributed by atoms with E-state index in [-0.39, 0.29) is 11.9 Å². The molecule has 0 aliphatic heterocycles. The first-order valence-electron chi connectivity index (χ1n) is 8.23. The Morgan fingerprint density at radius 2 is 1.93 bits per heavy atom. The van der Waals surface area contributed by atoms with Gasteiger partial charge in [0.2, 0.25) is 11.9 Å². The van der Waals surface area contributed by atoms with Crippen LogP contribution in [0.4, 0.5) is 5.95 Å². The molecule has 0 spiro atoms. The number of aromatic nitrogens is 2. The largest absolute Gasteiger partial charge is 0.497 e. The summed E-state index contributed by atoms with van der Waals surface area (Å²) in [6, 6.07) is 5.37. The van der Waals surface area contributed by atoms with Gasteiger partial charge in [-0.15, -0.1) is 11.3 Å². The molecule has 0 aliphatic rings. The van der Waals surface area contributed by atoms with Crippen LogP contribution in [0.1, 0.15) is 20.8 Å². The number of carbonyl (C=O) groups excluding carboxylic acids is 1. The summed E-state index contributed by atoms with van der Waals surface area (Å²) in [5, 5.41) is 5.98. The van der Waals surface area contributed by atoms with Gasteiger partial charge in [-0.1, -0.05) is 32.4 Å². The summed E-state index contributed by atoms with van der Waals surface area (Å²) in [4.78, 5) is 22.2. The second-order valence-corrected chi connectivity index (χ2v) is 8.23. The zero-order valence-corrected chi connectivity index (χ0v) is 17.3. The van der Waals surface area contributed by atoms with Gasteiger partial charge >= 0.3 is 0 Å². The van der Waals surface area contributed by atoms with Crippen molar-refractivity contribution in [2.24, 2.45) is 5.41 Å². The Hall–Kier alpha value is -2.38. The number of halogens is 1. The Labute approximate surface area is 166 Å². The number of hydrogen-bond acceptors (Lipinski definition) is 6. The van der Waals surface area contributed by atoms with Crippen molar-refractivity contribution in [3.63, 3.8) is 0 Å². The van der Waals surface area contributed by atoms with Crippen LogP contribution in [0.3, 0.4) is 0 Å². The number of hydrogen-bond donors (Lipinski definition) is 1. The van der Waals surface area contributed by atoms with Crippen molar-refractivity contribution in [1.82, 2.24) is 9.97 Å². The molecule has 27 heavy (non-hydrogen) atoms. The first-order valence-corrected chi connectivity index (χ1v) is 9.49. The van der Waals surface area contributed by atoms with Crippen LogP contribution in [0.2, 0.25) is 5.02 Å². The number of carbonyl (C=O) groups is 1. The molecule has 0 fully saturated rings. The molecule has 1 aromatic carbocycles. The predicted molar refractivity (Wildman–Crippen MR) is 109 cm³/mol. The summed E-state index contributed by atoms with van der Waals surface area (Å²) in [6.07, 6.45) is 0. The molecule has 0 bridgehead atoms. The molecule has 3 aromatic rings. The molecule has 3 rings (SSSR count). The van der Waals surface area contributed by atoms with Gasteiger partial charge < -0.3 is 9.47 Å². The van der Waals surface area contributed by atoms with Crippen LogP contribution in [-0.2, 0) is 4.79 Å². The molecule has 0 saturated carbocycles. The van der Waals surface area contributed by atoms with Crippen molar-refractivity contribution in [3.05, 3.63) is 28.6 Å². The molecule has 1 N–H and O–H groups in total. The van der Waals surface area contributed by atoms with Crippen molar-refractivity contribution in [2.45, 2.75) is 20.8 Å². The summed E-state index contributed by atoms with van der Waals surface area (Å²) in [7, 11) is 3.12. The highest BCUT2D eigenvalue weighted by atomic mass is 35.5. The highest BCUT2D eigenvalue weighted by Crippen LogP contribution is 2.42. The number of thiophene rings is 1. The molecule has 0 radical (unpaired) electrons. The summed E-state index contributed by atoms with van der Waals surface area (Å²) < 4.78 is 10.8. The lowest BCUT2D eigenvalue weighted by Crippen LogP contribution is -2.28. The van der Waals surface area contributed by atoms with Crippen molar-refractivity contribution >= 4 is 45.0 Å². The number of ether oxygens (including phenoxy) is 2. The predicted octanol–water partition coefficient (Wildman–Crippen LogP) is 5.01.